The molecular weight excluding hydrogens is 380 g/mol. The number of allylic oxidation sites excluding steroid dienone is 5. The SMILES string of the molecule is CO[C@@]12C=CC3=C4CCC([C@H](C)/C=C/[C@@H](C)C(C)C)C4(C)CCC3C1(C)CC[C@H](O)C2. The second kappa shape index (κ2) is 8.17. The molecule has 0 saturated heterocycles. The minimum atomic E-state index is -0.311. The van der Waals surface area contributed by atoms with Crippen molar-refractivity contribution in [2.75, 3.05) is 7.11 Å². The van der Waals surface area contributed by atoms with Crippen molar-refractivity contribution in [1.82, 2.24) is 0 Å². The fourth-order valence-corrected chi connectivity index (χ4v) is 7.88. The van der Waals surface area contributed by atoms with E-state index < -0.39 is 0 Å². The number of ether oxygens (including phenoxy) is 1. The second-order valence-corrected chi connectivity index (χ2v) is 12.2. The summed E-state index contributed by atoms with van der Waals surface area (Å²) in [5.74, 6) is 3.30. The first-order valence-electron chi connectivity index (χ1n) is 12.9. The molecule has 2 saturated carbocycles. The monoisotopic (exact) mass is 426 g/mol. The molecule has 0 radical (unpaired) electrons. The number of hydrogen-bond donors (Lipinski definition) is 1. The lowest BCUT2D eigenvalue weighted by Crippen LogP contribution is -2.58. The van der Waals surface area contributed by atoms with E-state index in [-0.39, 0.29) is 17.1 Å². The molecule has 2 nitrogen and oxygen atoms in total. The summed E-state index contributed by atoms with van der Waals surface area (Å²) >= 11 is 0. The predicted molar refractivity (Wildman–Crippen MR) is 130 cm³/mol. The van der Waals surface area contributed by atoms with E-state index >= 15 is 0 Å². The van der Waals surface area contributed by atoms with Gasteiger partial charge in [0.1, 0.15) is 0 Å². The van der Waals surface area contributed by atoms with E-state index in [1.165, 1.54) is 25.7 Å². The van der Waals surface area contributed by atoms with E-state index in [1.54, 1.807) is 11.1 Å². The maximum Gasteiger partial charge on any atom is 0.0945 e. The van der Waals surface area contributed by atoms with Gasteiger partial charge in [-0.25, -0.2) is 0 Å². The molecule has 174 valence electrons. The zero-order valence-electron chi connectivity index (χ0n) is 21.1. The Morgan fingerprint density at radius 1 is 1.06 bits per heavy atom. The Bertz CT molecular complexity index is 776. The maximum atomic E-state index is 10.4. The summed E-state index contributed by atoms with van der Waals surface area (Å²) in [5.41, 5.74) is 3.50. The van der Waals surface area contributed by atoms with Crippen LogP contribution in [-0.2, 0) is 4.74 Å². The van der Waals surface area contributed by atoms with Crippen molar-refractivity contribution in [3.05, 3.63) is 35.5 Å². The van der Waals surface area contributed by atoms with E-state index in [0.29, 0.717) is 29.1 Å². The van der Waals surface area contributed by atoms with Crippen LogP contribution < -0.4 is 0 Å². The molecule has 0 aromatic carbocycles. The lowest BCUT2D eigenvalue weighted by Gasteiger charge is -2.59. The van der Waals surface area contributed by atoms with Gasteiger partial charge >= 0.3 is 0 Å². The highest BCUT2D eigenvalue weighted by Gasteiger charge is 2.60. The quantitative estimate of drug-likeness (QED) is 0.475. The van der Waals surface area contributed by atoms with Crippen LogP contribution in [0.15, 0.2) is 35.5 Å². The molecule has 0 aromatic rings. The highest BCUT2D eigenvalue weighted by Crippen LogP contribution is 2.65. The number of aliphatic hydroxyl groups is 1. The van der Waals surface area contributed by atoms with Crippen molar-refractivity contribution in [2.45, 2.75) is 98.2 Å². The van der Waals surface area contributed by atoms with E-state index in [4.69, 9.17) is 4.74 Å². The number of rotatable bonds is 5. The van der Waals surface area contributed by atoms with Crippen LogP contribution >= 0.6 is 0 Å². The lowest BCUT2D eigenvalue weighted by atomic mass is 9.49. The smallest absolute Gasteiger partial charge is 0.0945 e. The molecule has 0 aliphatic heterocycles. The molecule has 0 amide bonds. The molecule has 4 aliphatic carbocycles. The standard InChI is InChI=1S/C29H46O2/c1-19(2)20(3)8-9-21(4)24-10-11-25-23-13-17-29(31-7)18-22(30)12-16-28(29,6)26(23)14-15-27(24,25)5/h8-9,13,17,19-22,24,26,30H,10-12,14-16,18H2,1-7H3/b9-8+/t20-,21-,22+,24?,26?,27?,28?,29-/m1/s1. The normalized spacial score (nSPS) is 44.4. The van der Waals surface area contributed by atoms with Gasteiger partial charge in [0.05, 0.1) is 11.7 Å². The van der Waals surface area contributed by atoms with Crippen LogP contribution in [0.4, 0.5) is 0 Å². The second-order valence-electron chi connectivity index (χ2n) is 12.2. The van der Waals surface area contributed by atoms with Crippen LogP contribution in [0.5, 0.6) is 0 Å². The summed E-state index contributed by atoms with van der Waals surface area (Å²) in [6.45, 7) is 14.5. The molecule has 4 unspecified atom stereocenters. The minimum absolute atomic E-state index is 0.0930. The highest BCUT2D eigenvalue weighted by atomic mass is 16.5. The van der Waals surface area contributed by atoms with Crippen molar-refractivity contribution >= 4 is 0 Å². The van der Waals surface area contributed by atoms with Crippen LogP contribution in [0.1, 0.15) is 86.5 Å². The summed E-state index contributed by atoms with van der Waals surface area (Å²) in [6.07, 6.45) is 17.3. The first-order valence-corrected chi connectivity index (χ1v) is 12.9. The van der Waals surface area contributed by atoms with Gasteiger partial charge in [-0.05, 0) is 79.1 Å². The maximum absolute atomic E-state index is 10.4. The van der Waals surface area contributed by atoms with Gasteiger partial charge in [-0.3, -0.25) is 0 Å². The van der Waals surface area contributed by atoms with Crippen LogP contribution in [0, 0.1) is 40.4 Å². The zero-order chi connectivity index (χ0) is 22.6. The molecule has 31 heavy (non-hydrogen) atoms. The average Bonchev–Trinajstić information content (AvgIpc) is 3.09. The molecule has 0 aromatic heterocycles. The largest absolute Gasteiger partial charge is 0.393 e. The van der Waals surface area contributed by atoms with Gasteiger partial charge < -0.3 is 9.84 Å². The van der Waals surface area contributed by atoms with Gasteiger partial charge in [0, 0.05) is 18.9 Å². The molecule has 2 fully saturated rings. The summed E-state index contributed by atoms with van der Waals surface area (Å²) < 4.78 is 6.20. The molecule has 8 atom stereocenters. The molecule has 4 rings (SSSR count). The van der Waals surface area contributed by atoms with Gasteiger partial charge in [-0.1, -0.05) is 71.4 Å². The summed E-state index contributed by atoms with van der Waals surface area (Å²) in [5, 5.41) is 10.4. The van der Waals surface area contributed by atoms with Crippen LogP contribution in [0.25, 0.3) is 0 Å². The first kappa shape index (κ1) is 23.3. The molecule has 0 heterocycles. The van der Waals surface area contributed by atoms with Gasteiger partial charge in [-0.15, -0.1) is 0 Å². The Hall–Kier alpha value is -0.860. The molecule has 0 spiro atoms. The number of fused-ring (bicyclic) bond motifs is 4. The Kier molecular flexibility index (Phi) is 6.14. The van der Waals surface area contributed by atoms with Gasteiger partial charge in [0.15, 0.2) is 0 Å². The van der Waals surface area contributed by atoms with E-state index in [1.807, 2.05) is 7.11 Å². The van der Waals surface area contributed by atoms with E-state index in [9.17, 15) is 5.11 Å². The summed E-state index contributed by atoms with van der Waals surface area (Å²) in [6, 6.07) is 0. The van der Waals surface area contributed by atoms with E-state index in [2.05, 4.69) is 65.8 Å². The zero-order valence-corrected chi connectivity index (χ0v) is 21.1. The Balaban J connectivity index is 1.67. The molecule has 0 bridgehead atoms. The third kappa shape index (κ3) is 3.52. The molecule has 2 heteroatoms. The topological polar surface area (TPSA) is 29.5 Å². The lowest BCUT2D eigenvalue weighted by molar-refractivity contribution is -0.151. The molecule has 1 N–H and O–H groups in total. The highest BCUT2D eigenvalue weighted by molar-refractivity contribution is 5.44. The van der Waals surface area contributed by atoms with Crippen molar-refractivity contribution in [3.63, 3.8) is 0 Å². The van der Waals surface area contributed by atoms with Crippen LogP contribution in [0.2, 0.25) is 0 Å². The third-order valence-corrected chi connectivity index (χ3v) is 10.5. The minimum Gasteiger partial charge on any atom is -0.393 e. The first-order chi connectivity index (χ1) is 14.6. The van der Waals surface area contributed by atoms with E-state index in [0.717, 1.165) is 25.2 Å². The fourth-order valence-electron chi connectivity index (χ4n) is 7.88. The number of methoxy groups -OCH3 is 1. The number of hydrogen-bond acceptors (Lipinski definition) is 2. The number of aliphatic hydroxyl groups excluding tert-OH is 1. The molecular formula is C29H46O2. The van der Waals surface area contributed by atoms with Crippen molar-refractivity contribution in [3.8, 4) is 0 Å². The average molecular weight is 427 g/mol. The van der Waals surface area contributed by atoms with Gasteiger partial charge in [-0.2, -0.15) is 0 Å². The van der Waals surface area contributed by atoms with Crippen molar-refractivity contribution in [1.29, 1.82) is 0 Å². The summed E-state index contributed by atoms with van der Waals surface area (Å²) in [4.78, 5) is 0. The van der Waals surface area contributed by atoms with Crippen molar-refractivity contribution in [2.24, 2.45) is 40.4 Å². The predicted octanol–water partition coefficient (Wildman–Crippen LogP) is 7.10. The fraction of sp³-hybridized carbons (Fsp3) is 0.793. The van der Waals surface area contributed by atoms with Crippen LogP contribution in [-0.4, -0.2) is 23.9 Å². The Morgan fingerprint density at radius 2 is 1.81 bits per heavy atom. The summed E-state index contributed by atoms with van der Waals surface area (Å²) in [7, 11) is 1.85. The third-order valence-electron chi connectivity index (χ3n) is 10.5. The Morgan fingerprint density at radius 3 is 2.48 bits per heavy atom. The molecule has 4 aliphatic rings. The van der Waals surface area contributed by atoms with Crippen LogP contribution in [0.3, 0.4) is 0 Å². The Labute approximate surface area is 191 Å². The van der Waals surface area contributed by atoms with Gasteiger partial charge in [0.25, 0.3) is 0 Å². The van der Waals surface area contributed by atoms with Gasteiger partial charge in [0.2, 0.25) is 0 Å². The van der Waals surface area contributed by atoms with Crippen molar-refractivity contribution < 1.29 is 9.84 Å².